The maximum absolute atomic E-state index is 13.3. The van der Waals surface area contributed by atoms with Gasteiger partial charge in [-0.15, -0.1) is 0 Å². The second-order valence-electron chi connectivity index (χ2n) is 10.3. The van der Waals surface area contributed by atoms with Crippen molar-refractivity contribution < 1.29 is 14.0 Å². The van der Waals surface area contributed by atoms with Crippen LogP contribution < -0.4 is 5.32 Å². The summed E-state index contributed by atoms with van der Waals surface area (Å²) in [6.07, 6.45) is 6.70. The van der Waals surface area contributed by atoms with E-state index in [0.29, 0.717) is 42.3 Å². The van der Waals surface area contributed by atoms with Gasteiger partial charge >= 0.3 is 0 Å². The maximum atomic E-state index is 13.3. The molecule has 2 aromatic rings. The molecule has 0 saturated heterocycles. The average molecular weight is 469 g/mol. The molecule has 5 rings (SSSR count). The molecule has 1 aromatic carbocycles. The zero-order valence-electron chi connectivity index (χ0n) is 18.9. The van der Waals surface area contributed by atoms with Gasteiger partial charge < -0.3 is 5.32 Å². The summed E-state index contributed by atoms with van der Waals surface area (Å²) in [7, 11) is 0. The summed E-state index contributed by atoms with van der Waals surface area (Å²) in [6, 6.07) is 10.7. The minimum Gasteiger partial charge on any atom is -0.311 e. The van der Waals surface area contributed by atoms with Gasteiger partial charge in [-0.3, -0.25) is 9.59 Å². The molecule has 1 amide bonds. The lowest BCUT2D eigenvalue weighted by atomic mass is 9.54. The highest BCUT2D eigenvalue weighted by molar-refractivity contribution is 6.30. The first-order chi connectivity index (χ1) is 15.8. The van der Waals surface area contributed by atoms with Crippen molar-refractivity contribution in [2.24, 2.45) is 23.2 Å². The number of nitrogens with zero attached hydrogens (tertiary/aromatic N) is 1. The molecule has 1 heterocycles. The van der Waals surface area contributed by atoms with Crippen molar-refractivity contribution in [3.63, 3.8) is 0 Å². The molecule has 5 atom stereocenters. The molecule has 33 heavy (non-hydrogen) atoms. The number of fused-ring (bicyclic) bond motifs is 5. The van der Waals surface area contributed by atoms with Crippen LogP contribution in [0.3, 0.4) is 0 Å². The van der Waals surface area contributed by atoms with Crippen LogP contribution in [-0.4, -0.2) is 16.7 Å². The van der Waals surface area contributed by atoms with Gasteiger partial charge in [-0.1, -0.05) is 30.7 Å². The maximum Gasteiger partial charge on any atom is 0.225 e. The Morgan fingerprint density at radius 3 is 2.94 bits per heavy atom. The molecule has 3 aliphatic carbocycles. The monoisotopic (exact) mass is 468 g/mol. The number of pyridine rings is 1. The van der Waals surface area contributed by atoms with Crippen LogP contribution in [0.4, 0.5) is 10.2 Å². The second-order valence-corrected chi connectivity index (χ2v) is 10.7. The number of aromatic nitrogens is 1. The Labute approximate surface area is 199 Å². The molecule has 6 heteroatoms. The van der Waals surface area contributed by atoms with Crippen LogP contribution in [-0.2, 0) is 16.0 Å². The molecule has 1 N–H and O–H groups in total. The van der Waals surface area contributed by atoms with Crippen molar-refractivity contribution in [1.29, 1.82) is 0 Å². The summed E-state index contributed by atoms with van der Waals surface area (Å²) < 4.78 is 13.3. The van der Waals surface area contributed by atoms with Crippen LogP contribution in [0.2, 0.25) is 5.02 Å². The number of rotatable bonds is 5. The highest BCUT2D eigenvalue weighted by Gasteiger charge is 2.58. The van der Waals surface area contributed by atoms with Crippen LogP contribution in [0, 0.1) is 29.1 Å². The molecule has 0 spiro atoms. The number of benzene rings is 1. The number of aryl methyl sites for hydroxylation is 1. The smallest absolute Gasteiger partial charge is 0.225 e. The van der Waals surface area contributed by atoms with E-state index < -0.39 is 5.95 Å². The van der Waals surface area contributed by atoms with E-state index in [-0.39, 0.29) is 17.1 Å². The van der Waals surface area contributed by atoms with Crippen LogP contribution in [0.1, 0.15) is 68.9 Å². The van der Waals surface area contributed by atoms with Crippen molar-refractivity contribution in [3.8, 4) is 0 Å². The summed E-state index contributed by atoms with van der Waals surface area (Å²) >= 11 is 6.25. The van der Waals surface area contributed by atoms with Gasteiger partial charge in [-0.25, -0.2) is 4.98 Å². The van der Waals surface area contributed by atoms with Crippen molar-refractivity contribution in [3.05, 3.63) is 58.5 Å². The third-order valence-corrected chi connectivity index (χ3v) is 8.73. The van der Waals surface area contributed by atoms with Gasteiger partial charge in [0.15, 0.2) is 0 Å². The molecular weight excluding hydrogens is 439 g/mol. The first-order valence-electron chi connectivity index (χ1n) is 12.1. The highest BCUT2D eigenvalue weighted by atomic mass is 35.5. The molecule has 3 unspecified atom stereocenters. The standard InChI is InChI=1S/C27H30ClFN2O2/c1-27-13-12-20-19-11-9-18(28)14-16(19)8-10-21(20)26(27)17(15-22(27)32)4-2-7-25(33)31-24-6-3-5-23(29)30-24/h3,5-6,9,11,14,17,20-21,26H,2,4,7-8,10,12-13,15H2,1H3,(H,30,31,33)/t17-,20?,21?,26?,27-/m1/s1. The first-order valence-corrected chi connectivity index (χ1v) is 12.5. The first kappa shape index (κ1) is 22.5. The molecule has 0 aliphatic heterocycles. The minimum absolute atomic E-state index is 0.162. The molecule has 2 fully saturated rings. The molecule has 0 bridgehead atoms. The Kier molecular flexibility index (Phi) is 6.02. The molecular formula is C27H30ClFN2O2. The fraction of sp³-hybridized carbons (Fsp3) is 0.519. The van der Waals surface area contributed by atoms with Crippen molar-refractivity contribution in [2.75, 3.05) is 5.32 Å². The minimum atomic E-state index is -0.611. The number of Topliss-reactive ketones (excluding diaryl/α,β-unsaturated/α-hetero) is 1. The fourth-order valence-corrected chi connectivity index (χ4v) is 7.28. The number of carbonyl (C=O) groups excluding carboxylic acids is 2. The Morgan fingerprint density at radius 2 is 2.12 bits per heavy atom. The van der Waals surface area contributed by atoms with Crippen molar-refractivity contribution in [1.82, 2.24) is 4.98 Å². The zero-order chi connectivity index (χ0) is 23.2. The molecule has 3 aliphatic rings. The SMILES string of the molecule is C[C@]12CCC3c4ccc(Cl)cc4CCC3C1[C@H](CCCC(=O)Nc1cccc(F)n1)CC2=O. The van der Waals surface area contributed by atoms with Crippen molar-refractivity contribution in [2.45, 2.75) is 64.2 Å². The molecule has 0 radical (unpaired) electrons. The summed E-state index contributed by atoms with van der Waals surface area (Å²) in [5, 5.41) is 3.47. The predicted octanol–water partition coefficient (Wildman–Crippen LogP) is 6.33. The van der Waals surface area contributed by atoms with Crippen molar-refractivity contribution >= 4 is 29.1 Å². The Morgan fingerprint density at radius 1 is 1.27 bits per heavy atom. The van der Waals surface area contributed by atoms with E-state index in [1.807, 2.05) is 6.07 Å². The third-order valence-electron chi connectivity index (χ3n) is 8.49. The predicted molar refractivity (Wildman–Crippen MR) is 127 cm³/mol. The average Bonchev–Trinajstić information content (AvgIpc) is 3.03. The molecule has 2 saturated carbocycles. The fourth-order valence-electron chi connectivity index (χ4n) is 7.08. The van der Waals surface area contributed by atoms with E-state index >= 15 is 0 Å². The lowest BCUT2D eigenvalue weighted by Gasteiger charge is -2.50. The number of hydrogen-bond acceptors (Lipinski definition) is 3. The molecule has 1 aromatic heterocycles. The highest BCUT2D eigenvalue weighted by Crippen LogP contribution is 2.62. The third kappa shape index (κ3) is 4.21. The van der Waals surface area contributed by atoms with Gasteiger partial charge in [-0.2, -0.15) is 4.39 Å². The summed E-state index contributed by atoms with van der Waals surface area (Å²) in [4.78, 5) is 29.2. The van der Waals surface area contributed by atoms with Crippen LogP contribution in [0.5, 0.6) is 0 Å². The van der Waals surface area contributed by atoms with Gasteiger partial charge in [0.05, 0.1) is 0 Å². The largest absolute Gasteiger partial charge is 0.311 e. The number of amides is 1. The van der Waals surface area contributed by atoms with Gasteiger partial charge in [-0.05, 0) is 97.6 Å². The van der Waals surface area contributed by atoms with E-state index in [1.54, 1.807) is 6.07 Å². The topological polar surface area (TPSA) is 59.1 Å². The zero-order valence-corrected chi connectivity index (χ0v) is 19.7. The summed E-state index contributed by atoms with van der Waals surface area (Å²) in [5.74, 6) is 1.58. The van der Waals surface area contributed by atoms with Gasteiger partial charge in [0.1, 0.15) is 11.6 Å². The quantitative estimate of drug-likeness (QED) is 0.521. The van der Waals surface area contributed by atoms with Gasteiger partial charge in [0.25, 0.3) is 0 Å². The number of anilines is 1. The van der Waals surface area contributed by atoms with Crippen LogP contribution in [0.25, 0.3) is 0 Å². The van der Waals surface area contributed by atoms with Gasteiger partial charge in [0, 0.05) is 23.3 Å². The lowest BCUT2D eigenvalue weighted by Crippen LogP contribution is -2.44. The van der Waals surface area contributed by atoms with E-state index in [4.69, 9.17) is 11.6 Å². The number of ketones is 1. The van der Waals surface area contributed by atoms with E-state index in [9.17, 15) is 14.0 Å². The van der Waals surface area contributed by atoms with E-state index in [1.165, 1.54) is 23.3 Å². The number of carbonyl (C=O) groups is 2. The number of nitrogens with one attached hydrogen (secondary N) is 1. The van der Waals surface area contributed by atoms with Gasteiger partial charge in [0.2, 0.25) is 11.9 Å². The Balaban J connectivity index is 1.26. The van der Waals surface area contributed by atoms with E-state index in [2.05, 4.69) is 29.4 Å². The lowest BCUT2D eigenvalue weighted by molar-refractivity contribution is -0.129. The summed E-state index contributed by atoms with van der Waals surface area (Å²) in [6.45, 7) is 2.19. The normalized spacial score (nSPS) is 30.3. The van der Waals surface area contributed by atoms with Crippen LogP contribution in [0.15, 0.2) is 36.4 Å². The second kappa shape index (κ2) is 8.83. The summed E-state index contributed by atoms with van der Waals surface area (Å²) in [5.41, 5.74) is 2.57. The molecule has 4 nitrogen and oxygen atoms in total. The van der Waals surface area contributed by atoms with Crippen LogP contribution >= 0.6 is 11.6 Å². The number of halogens is 2. The number of hydrogen-bond donors (Lipinski definition) is 1. The molecule has 174 valence electrons. The van der Waals surface area contributed by atoms with E-state index in [0.717, 1.165) is 43.5 Å². The Bertz CT molecular complexity index is 1090. The Hall–Kier alpha value is -2.27.